The number of hydrogen-bond donors (Lipinski definition) is 1. The fourth-order valence-electron chi connectivity index (χ4n) is 2.66. The maximum atomic E-state index is 6.14. The smallest absolute Gasteiger partial charge is 0.143 e. The summed E-state index contributed by atoms with van der Waals surface area (Å²) in [5.74, 6) is 0.947. The van der Waals surface area contributed by atoms with Crippen LogP contribution < -0.4 is 5.73 Å². The summed E-state index contributed by atoms with van der Waals surface area (Å²) in [6.07, 6.45) is 2.38. The Kier molecular flexibility index (Phi) is 2.51. The number of anilines is 1. The number of para-hydroxylation sites is 1. The van der Waals surface area contributed by atoms with E-state index in [9.17, 15) is 0 Å². The van der Waals surface area contributed by atoms with Crippen molar-refractivity contribution >= 4 is 28.3 Å². The van der Waals surface area contributed by atoms with Crippen LogP contribution in [0.25, 0.3) is 22.4 Å². The lowest BCUT2D eigenvalue weighted by Gasteiger charge is -2.09. The highest BCUT2D eigenvalue weighted by Gasteiger charge is 2.29. The molecule has 2 aromatic carbocycles. The molecule has 1 aliphatic rings. The van der Waals surface area contributed by atoms with Gasteiger partial charge in [0.2, 0.25) is 0 Å². The Labute approximate surface area is 122 Å². The largest absolute Gasteiger partial charge is 0.398 e. The van der Waals surface area contributed by atoms with Gasteiger partial charge in [-0.15, -0.1) is 0 Å². The fraction of sp³-hybridized carbons (Fsp3) is 0.188. The van der Waals surface area contributed by atoms with Gasteiger partial charge in [0.05, 0.1) is 11.0 Å². The number of nitrogens with two attached hydrogens (primary N) is 1. The Morgan fingerprint density at radius 2 is 1.95 bits per heavy atom. The summed E-state index contributed by atoms with van der Waals surface area (Å²) in [5, 5.41) is 0.742. The Morgan fingerprint density at radius 1 is 1.15 bits per heavy atom. The highest BCUT2D eigenvalue weighted by molar-refractivity contribution is 6.31. The lowest BCUT2D eigenvalue weighted by Crippen LogP contribution is -1.99. The van der Waals surface area contributed by atoms with E-state index in [1.165, 1.54) is 12.8 Å². The normalized spacial score (nSPS) is 14.8. The number of nitrogens with zero attached hydrogens (tertiary/aromatic N) is 2. The molecule has 4 rings (SSSR count). The van der Waals surface area contributed by atoms with Gasteiger partial charge in [-0.3, -0.25) is 0 Å². The molecule has 0 unspecified atom stereocenters. The van der Waals surface area contributed by atoms with E-state index in [0.29, 0.717) is 6.04 Å². The molecule has 3 aromatic rings. The van der Waals surface area contributed by atoms with Crippen LogP contribution in [0, 0.1) is 0 Å². The highest BCUT2D eigenvalue weighted by Crippen LogP contribution is 2.42. The number of halogens is 1. The average molecular weight is 284 g/mol. The van der Waals surface area contributed by atoms with Crippen LogP contribution >= 0.6 is 11.6 Å². The van der Waals surface area contributed by atoms with E-state index in [1.807, 2.05) is 42.5 Å². The molecule has 0 atom stereocenters. The van der Waals surface area contributed by atoms with Crippen molar-refractivity contribution in [3.05, 3.63) is 47.5 Å². The SMILES string of the molecule is Nc1ccccc1-c1nc2ccc(Cl)cc2n1C1CC1. The minimum Gasteiger partial charge on any atom is -0.398 e. The van der Waals surface area contributed by atoms with Gasteiger partial charge in [0.25, 0.3) is 0 Å². The summed E-state index contributed by atoms with van der Waals surface area (Å²) in [5.41, 5.74) is 9.93. The number of rotatable bonds is 2. The van der Waals surface area contributed by atoms with Crippen molar-refractivity contribution in [2.24, 2.45) is 0 Å². The molecule has 0 aliphatic heterocycles. The Morgan fingerprint density at radius 3 is 2.70 bits per heavy atom. The second-order valence-electron chi connectivity index (χ2n) is 5.26. The molecule has 1 fully saturated rings. The molecule has 3 nitrogen and oxygen atoms in total. The van der Waals surface area contributed by atoms with E-state index < -0.39 is 0 Å². The van der Waals surface area contributed by atoms with E-state index in [1.54, 1.807) is 0 Å². The molecule has 0 amide bonds. The van der Waals surface area contributed by atoms with Gasteiger partial charge in [-0.25, -0.2) is 4.98 Å². The van der Waals surface area contributed by atoms with E-state index in [4.69, 9.17) is 22.3 Å². The number of aromatic nitrogens is 2. The predicted molar refractivity (Wildman–Crippen MR) is 82.9 cm³/mol. The van der Waals surface area contributed by atoms with E-state index in [2.05, 4.69) is 4.57 Å². The van der Waals surface area contributed by atoms with Crippen LogP contribution in [-0.4, -0.2) is 9.55 Å². The standard InChI is InChI=1S/C16H14ClN3/c17-10-5-8-14-15(9-10)20(11-6-7-11)16(19-14)12-3-1-2-4-13(12)18/h1-5,8-9,11H,6-7,18H2. The molecular weight excluding hydrogens is 270 g/mol. The van der Waals surface area contributed by atoms with Gasteiger partial charge < -0.3 is 10.3 Å². The molecule has 2 N–H and O–H groups in total. The van der Waals surface area contributed by atoms with Crippen LogP contribution in [-0.2, 0) is 0 Å². The summed E-state index contributed by atoms with van der Waals surface area (Å²) in [4.78, 5) is 4.77. The van der Waals surface area contributed by atoms with Crippen LogP contribution in [0.4, 0.5) is 5.69 Å². The van der Waals surface area contributed by atoms with E-state index in [0.717, 1.165) is 33.1 Å². The maximum Gasteiger partial charge on any atom is 0.143 e. The van der Waals surface area contributed by atoms with E-state index in [-0.39, 0.29) is 0 Å². The second kappa shape index (κ2) is 4.25. The molecular formula is C16H14ClN3. The first kappa shape index (κ1) is 11.8. The van der Waals surface area contributed by atoms with Gasteiger partial charge in [0, 0.05) is 22.3 Å². The monoisotopic (exact) mass is 283 g/mol. The topological polar surface area (TPSA) is 43.8 Å². The third-order valence-electron chi connectivity index (χ3n) is 3.77. The van der Waals surface area contributed by atoms with Crippen molar-refractivity contribution in [1.82, 2.24) is 9.55 Å². The summed E-state index contributed by atoms with van der Waals surface area (Å²) in [6.45, 7) is 0. The van der Waals surface area contributed by atoms with Crippen LogP contribution in [0.5, 0.6) is 0 Å². The first-order chi connectivity index (χ1) is 9.74. The predicted octanol–water partition coefficient (Wildman–Crippen LogP) is 4.27. The zero-order chi connectivity index (χ0) is 13.7. The number of benzene rings is 2. The first-order valence-corrected chi connectivity index (χ1v) is 7.14. The van der Waals surface area contributed by atoms with Gasteiger partial charge in [0.1, 0.15) is 5.82 Å². The molecule has 0 spiro atoms. The van der Waals surface area contributed by atoms with Crippen LogP contribution in [0.3, 0.4) is 0 Å². The number of imidazole rings is 1. The Balaban J connectivity index is 2.04. The highest BCUT2D eigenvalue weighted by atomic mass is 35.5. The second-order valence-corrected chi connectivity index (χ2v) is 5.69. The third-order valence-corrected chi connectivity index (χ3v) is 4.00. The summed E-state index contributed by atoms with van der Waals surface area (Å²) in [6, 6.07) is 14.2. The van der Waals surface area contributed by atoms with Crippen molar-refractivity contribution in [2.45, 2.75) is 18.9 Å². The quantitative estimate of drug-likeness (QED) is 0.714. The summed E-state index contributed by atoms with van der Waals surface area (Å²) < 4.78 is 2.28. The lowest BCUT2D eigenvalue weighted by atomic mass is 10.1. The zero-order valence-corrected chi connectivity index (χ0v) is 11.6. The van der Waals surface area contributed by atoms with Gasteiger partial charge in [-0.05, 0) is 43.2 Å². The molecule has 1 heterocycles. The molecule has 1 aromatic heterocycles. The number of hydrogen-bond acceptors (Lipinski definition) is 2. The average Bonchev–Trinajstić information content (AvgIpc) is 3.20. The van der Waals surface area contributed by atoms with Crippen molar-refractivity contribution in [2.75, 3.05) is 5.73 Å². The third kappa shape index (κ3) is 1.78. The molecule has 100 valence electrons. The number of nitrogen functional groups attached to an aromatic ring is 1. The maximum absolute atomic E-state index is 6.14. The minimum atomic E-state index is 0.521. The zero-order valence-electron chi connectivity index (χ0n) is 10.9. The van der Waals surface area contributed by atoms with Crippen molar-refractivity contribution < 1.29 is 0 Å². The van der Waals surface area contributed by atoms with Gasteiger partial charge >= 0.3 is 0 Å². The molecule has 0 bridgehead atoms. The van der Waals surface area contributed by atoms with Gasteiger partial charge in [-0.2, -0.15) is 0 Å². The molecule has 20 heavy (non-hydrogen) atoms. The van der Waals surface area contributed by atoms with Crippen molar-refractivity contribution in [1.29, 1.82) is 0 Å². The molecule has 1 aliphatic carbocycles. The Hall–Kier alpha value is -2.00. The van der Waals surface area contributed by atoms with Crippen LogP contribution in [0.1, 0.15) is 18.9 Å². The number of fused-ring (bicyclic) bond motifs is 1. The first-order valence-electron chi connectivity index (χ1n) is 6.76. The minimum absolute atomic E-state index is 0.521. The lowest BCUT2D eigenvalue weighted by molar-refractivity contribution is 0.775. The Bertz CT molecular complexity index is 803. The van der Waals surface area contributed by atoms with Gasteiger partial charge in [-0.1, -0.05) is 23.7 Å². The van der Waals surface area contributed by atoms with Crippen molar-refractivity contribution in [3.63, 3.8) is 0 Å². The summed E-state index contributed by atoms with van der Waals surface area (Å²) in [7, 11) is 0. The van der Waals surface area contributed by atoms with Crippen LogP contribution in [0.15, 0.2) is 42.5 Å². The fourth-order valence-corrected chi connectivity index (χ4v) is 2.83. The summed E-state index contributed by atoms with van der Waals surface area (Å²) >= 11 is 6.14. The van der Waals surface area contributed by atoms with Gasteiger partial charge in [0.15, 0.2) is 0 Å². The molecule has 4 heteroatoms. The molecule has 0 saturated heterocycles. The van der Waals surface area contributed by atoms with Crippen LogP contribution in [0.2, 0.25) is 5.02 Å². The molecule has 1 saturated carbocycles. The van der Waals surface area contributed by atoms with E-state index >= 15 is 0 Å². The molecule has 0 radical (unpaired) electrons. The van der Waals surface area contributed by atoms with Crippen molar-refractivity contribution in [3.8, 4) is 11.4 Å².